The van der Waals surface area contributed by atoms with Gasteiger partial charge in [-0.05, 0) is 61.7 Å². The highest BCUT2D eigenvalue weighted by atomic mass is 32.2. The van der Waals surface area contributed by atoms with E-state index >= 15 is 0 Å². The molecule has 31 heavy (non-hydrogen) atoms. The van der Waals surface area contributed by atoms with Crippen molar-refractivity contribution in [2.75, 3.05) is 27.3 Å². The average molecular weight is 444 g/mol. The number of sulfonamides is 1. The summed E-state index contributed by atoms with van der Waals surface area (Å²) in [4.78, 5) is 0.258. The van der Waals surface area contributed by atoms with E-state index in [2.05, 4.69) is 10.2 Å². The molecule has 0 bridgehead atoms. The van der Waals surface area contributed by atoms with Crippen LogP contribution in [0.15, 0.2) is 51.8 Å². The van der Waals surface area contributed by atoms with E-state index in [4.69, 9.17) is 13.9 Å². The van der Waals surface area contributed by atoms with Crippen molar-refractivity contribution >= 4 is 10.0 Å². The smallest absolute Gasteiger partial charge is 0.247 e. The van der Waals surface area contributed by atoms with Crippen molar-refractivity contribution in [2.45, 2.75) is 30.6 Å². The highest BCUT2D eigenvalue weighted by molar-refractivity contribution is 7.89. The third kappa shape index (κ3) is 4.28. The molecule has 0 aliphatic carbocycles. The van der Waals surface area contributed by atoms with Crippen LogP contribution in [0, 0.1) is 6.92 Å². The predicted octanol–water partition coefficient (Wildman–Crippen LogP) is 3.63. The first-order valence-corrected chi connectivity index (χ1v) is 11.5. The molecule has 0 amide bonds. The lowest BCUT2D eigenvalue weighted by molar-refractivity contribution is 0.286. The number of rotatable bonds is 6. The van der Waals surface area contributed by atoms with Gasteiger partial charge in [-0.15, -0.1) is 10.2 Å². The number of nitrogens with zero attached hydrogens (tertiary/aromatic N) is 3. The van der Waals surface area contributed by atoms with Gasteiger partial charge in [0, 0.05) is 18.7 Å². The Morgan fingerprint density at radius 1 is 1.10 bits per heavy atom. The highest BCUT2D eigenvalue weighted by Crippen LogP contribution is 2.32. The maximum Gasteiger partial charge on any atom is 0.247 e. The summed E-state index contributed by atoms with van der Waals surface area (Å²) in [6.07, 6.45) is 1.50. The number of piperidine rings is 1. The van der Waals surface area contributed by atoms with E-state index in [1.807, 2.05) is 31.2 Å². The molecule has 1 aromatic heterocycles. The van der Waals surface area contributed by atoms with Gasteiger partial charge in [-0.2, -0.15) is 4.31 Å². The van der Waals surface area contributed by atoms with Crippen LogP contribution in [0.1, 0.15) is 30.2 Å². The van der Waals surface area contributed by atoms with E-state index in [9.17, 15) is 8.42 Å². The molecule has 1 aliphatic heterocycles. The van der Waals surface area contributed by atoms with Gasteiger partial charge in [0.25, 0.3) is 0 Å². The Hall–Kier alpha value is -2.91. The summed E-state index contributed by atoms with van der Waals surface area (Å²) in [7, 11) is -0.471. The summed E-state index contributed by atoms with van der Waals surface area (Å²) in [6, 6.07) is 12.3. The van der Waals surface area contributed by atoms with Gasteiger partial charge in [0.1, 0.15) is 11.5 Å². The number of aryl methyl sites for hydroxylation is 1. The Bertz CT molecular complexity index is 1180. The predicted molar refractivity (Wildman–Crippen MR) is 115 cm³/mol. The topological polar surface area (TPSA) is 94.8 Å². The minimum absolute atomic E-state index is 0.158. The highest BCUT2D eigenvalue weighted by Gasteiger charge is 2.33. The molecule has 164 valence electrons. The molecule has 0 spiro atoms. The van der Waals surface area contributed by atoms with Crippen molar-refractivity contribution in [3.8, 4) is 23.0 Å². The van der Waals surface area contributed by atoms with Gasteiger partial charge in [-0.1, -0.05) is 6.07 Å². The van der Waals surface area contributed by atoms with Crippen molar-refractivity contribution in [1.82, 2.24) is 14.5 Å². The zero-order valence-corrected chi connectivity index (χ0v) is 18.6. The van der Waals surface area contributed by atoms with Gasteiger partial charge in [-0.25, -0.2) is 8.42 Å². The molecule has 2 aromatic carbocycles. The van der Waals surface area contributed by atoms with Crippen LogP contribution >= 0.6 is 0 Å². The number of benzene rings is 2. The summed E-state index contributed by atoms with van der Waals surface area (Å²) in [6.45, 7) is 2.59. The van der Waals surface area contributed by atoms with E-state index in [-0.39, 0.29) is 10.8 Å². The summed E-state index contributed by atoms with van der Waals surface area (Å²) in [5.41, 5.74) is 1.53. The summed E-state index contributed by atoms with van der Waals surface area (Å²) in [5, 5.41) is 8.36. The second-order valence-electron chi connectivity index (χ2n) is 7.51. The van der Waals surface area contributed by atoms with Crippen LogP contribution in [0.5, 0.6) is 11.5 Å². The van der Waals surface area contributed by atoms with E-state index in [1.54, 1.807) is 32.4 Å². The van der Waals surface area contributed by atoms with Gasteiger partial charge in [0.05, 0.1) is 25.0 Å². The van der Waals surface area contributed by atoms with Crippen LogP contribution in [-0.2, 0) is 10.0 Å². The van der Waals surface area contributed by atoms with E-state index in [0.29, 0.717) is 36.4 Å². The number of methoxy groups -OCH3 is 2. The zero-order valence-electron chi connectivity index (χ0n) is 17.7. The van der Waals surface area contributed by atoms with Crippen LogP contribution < -0.4 is 9.47 Å². The lowest BCUT2D eigenvalue weighted by atomic mass is 10.00. The van der Waals surface area contributed by atoms with Crippen molar-refractivity contribution in [3.63, 3.8) is 0 Å². The first-order valence-electron chi connectivity index (χ1n) is 10.0. The minimum Gasteiger partial charge on any atom is -0.497 e. The van der Waals surface area contributed by atoms with E-state index < -0.39 is 10.0 Å². The fraction of sp³-hybridized carbons (Fsp3) is 0.364. The molecule has 1 atom stereocenters. The summed E-state index contributed by atoms with van der Waals surface area (Å²) < 4.78 is 44.3. The Morgan fingerprint density at radius 2 is 1.94 bits per heavy atom. The SMILES string of the molecule is COc1cccc(-c2nnc([C@H]3CCCN(S(=O)(=O)c4ccc(OC)c(C)c4)C3)o2)c1. The molecule has 3 aromatic rings. The summed E-state index contributed by atoms with van der Waals surface area (Å²) >= 11 is 0. The number of hydrogen-bond acceptors (Lipinski definition) is 7. The first kappa shape index (κ1) is 21.3. The molecule has 0 unspecified atom stereocenters. The molecule has 2 heterocycles. The zero-order chi connectivity index (χ0) is 22.0. The molecule has 0 N–H and O–H groups in total. The average Bonchev–Trinajstić information content (AvgIpc) is 3.29. The second kappa shape index (κ2) is 8.68. The Morgan fingerprint density at radius 3 is 2.68 bits per heavy atom. The monoisotopic (exact) mass is 443 g/mol. The number of ether oxygens (including phenoxy) is 2. The van der Waals surface area contributed by atoms with Gasteiger partial charge in [0.2, 0.25) is 21.8 Å². The molecule has 1 saturated heterocycles. The Kier molecular flexibility index (Phi) is 5.97. The molecule has 1 fully saturated rings. The van der Waals surface area contributed by atoms with Crippen molar-refractivity contribution in [2.24, 2.45) is 0 Å². The van der Waals surface area contributed by atoms with Crippen molar-refractivity contribution < 1.29 is 22.3 Å². The largest absolute Gasteiger partial charge is 0.497 e. The lowest BCUT2D eigenvalue weighted by Gasteiger charge is -2.30. The molecular weight excluding hydrogens is 418 g/mol. The molecule has 9 heteroatoms. The van der Waals surface area contributed by atoms with Crippen LogP contribution in [0.25, 0.3) is 11.5 Å². The quantitative estimate of drug-likeness (QED) is 0.574. The molecule has 4 rings (SSSR count). The van der Waals surface area contributed by atoms with Crippen LogP contribution in [0.2, 0.25) is 0 Å². The third-order valence-corrected chi connectivity index (χ3v) is 7.36. The van der Waals surface area contributed by atoms with Crippen molar-refractivity contribution in [3.05, 3.63) is 53.9 Å². The molecular formula is C22H25N3O5S. The second-order valence-corrected chi connectivity index (χ2v) is 9.45. The first-order chi connectivity index (χ1) is 14.9. The Labute approximate surface area is 181 Å². The van der Waals surface area contributed by atoms with Gasteiger partial charge < -0.3 is 13.9 Å². The van der Waals surface area contributed by atoms with E-state index in [0.717, 1.165) is 24.0 Å². The lowest BCUT2D eigenvalue weighted by Crippen LogP contribution is -2.39. The maximum atomic E-state index is 13.2. The normalized spacial score (nSPS) is 17.5. The van der Waals surface area contributed by atoms with E-state index in [1.165, 1.54) is 4.31 Å². The standard InChI is InChI=1S/C22H25N3O5S/c1-15-12-19(9-10-20(15)29-3)31(26,27)25-11-5-7-17(14-25)22-24-23-21(30-22)16-6-4-8-18(13-16)28-2/h4,6,8-10,12-13,17H,5,7,11,14H2,1-3H3/t17-/m0/s1. The van der Waals surface area contributed by atoms with Crippen LogP contribution in [0.3, 0.4) is 0 Å². The fourth-order valence-corrected chi connectivity index (χ4v) is 5.40. The van der Waals surface area contributed by atoms with Crippen LogP contribution in [0.4, 0.5) is 0 Å². The molecule has 1 aliphatic rings. The third-order valence-electron chi connectivity index (χ3n) is 5.49. The molecule has 0 radical (unpaired) electrons. The minimum atomic E-state index is -3.63. The molecule has 0 saturated carbocycles. The fourth-order valence-electron chi connectivity index (χ4n) is 3.80. The summed E-state index contributed by atoms with van der Waals surface area (Å²) in [5.74, 6) is 2.03. The Balaban J connectivity index is 1.55. The van der Waals surface area contributed by atoms with Gasteiger partial charge >= 0.3 is 0 Å². The van der Waals surface area contributed by atoms with Gasteiger partial charge in [0.15, 0.2) is 0 Å². The van der Waals surface area contributed by atoms with Crippen LogP contribution in [-0.4, -0.2) is 50.2 Å². The van der Waals surface area contributed by atoms with Gasteiger partial charge in [-0.3, -0.25) is 0 Å². The number of aromatic nitrogens is 2. The number of hydrogen-bond donors (Lipinski definition) is 0. The van der Waals surface area contributed by atoms with Crippen molar-refractivity contribution in [1.29, 1.82) is 0 Å². The maximum absolute atomic E-state index is 13.2. The molecule has 8 nitrogen and oxygen atoms in total.